The Morgan fingerprint density at radius 3 is 0.801 bits per heavy atom. The monoisotopic (exact) mass is 1900 g/mol. The van der Waals surface area contributed by atoms with Crippen LogP contribution in [0.15, 0.2) is 243 Å². The van der Waals surface area contributed by atoms with Gasteiger partial charge in [-0.05, 0) is 107 Å². The molecular formula is C119H194O17. The van der Waals surface area contributed by atoms with Gasteiger partial charge in [0.25, 0.3) is 5.97 Å². The lowest BCUT2D eigenvalue weighted by molar-refractivity contribution is -0.144. The number of carboxylic acid groups (broad SMARTS) is 2. The zero-order valence-electron chi connectivity index (χ0n) is 85.6. The van der Waals surface area contributed by atoms with E-state index in [0.717, 1.165) is 94.6 Å². The number of hydrogen-bond donors (Lipinski definition) is 8. The molecule has 0 aliphatic carbocycles. The number of unbranched alkanes of at least 4 members (excludes halogenated alkanes) is 24. The molecule has 0 saturated heterocycles. The van der Waals surface area contributed by atoms with E-state index in [0.29, 0.717) is 49.4 Å². The number of carbonyl (C=O) groups is 6. The SMILES string of the molecule is C.C.C.CC(=O)C(C)(C)C.CC(=O)O.CC(C)(O)O.CCC.CCCCCC(=O)O.CCCCCCCCO.CCCCCCCCOC(=O)CCCCC.CCCCCCCCOCCCCCCCC.CCO.CCOC(C)=O.O=C(c1ccccc1)C(c1ccccc1)(c1ccccc1)c1ccccc1.OC(O)(c1ccccc1)c1ccccc1.c1ccc(Cc2ccccc2)cc1. The molecule has 17 nitrogen and oxygen atoms in total. The number of aliphatic hydroxyl groups is 6. The van der Waals surface area contributed by atoms with Gasteiger partial charge in [0, 0.05) is 75.2 Å². The highest BCUT2D eigenvalue weighted by Gasteiger charge is 2.44. The van der Waals surface area contributed by atoms with Crippen LogP contribution < -0.4 is 0 Å². The molecule has 0 atom stereocenters. The van der Waals surface area contributed by atoms with E-state index in [1.165, 1.54) is 180 Å². The van der Waals surface area contributed by atoms with Crippen LogP contribution in [0.1, 0.15) is 408 Å². The summed E-state index contributed by atoms with van der Waals surface area (Å²) in [6.07, 6.45) is 40.7. The van der Waals surface area contributed by atoms with E-state index in [2.05, 4.69) is 121 Å². The summed E-state index contributed by atoms with van der Waals surface area (Å²) in [5.74, 6) is -4.83. The summed E-state index contributed by atoms with van der Waals surface area (Å²) in [5, 5.41) is 67.7. The van der Waals surface area contributed by atoms with Gasteiger partial charge in [-0.2, -0.15) is 0 Å². The quantitative estimate of drug-likeness (QED) is 0.00578. The average molecular weight is 1900 g/mol. The van der Waals surface area contributed by atoms with E-state index in [1.807, 2.05) is 154 Å². The van der Waals surface area contributed by atoms with Gasteiger partial charge >= 0.3 is 17.9 Å². The summed E-state index contributed by atoms with van der Waals surface area (Å²) >= 11 is 0. The summed E-state index contributed by atoms with van der Waals surface area (Å²) in [5.41, 5.74) is 6.25. The highest BCUT2D eigenvalue weighted by atomic mass is 16.5. The van der Waals surface area contributed by atoms with Crippen molar-refractivity contribution in [2.75, 3.05) is 39.6 Å². The van der Waals surface area contributed by atoms with Gasteiger partial charge in [-0.15, -0.1) is 0 Å². The largest absolute Gasteiger partial charge is 0.481 e. The van der Waals surface area contributed by atoms with Crippen LogP contribution >= 0.6 is 0 Å². The minimum absolute atomic E-state index is 0. The minimum Gasteiger partial charge on any atom is -0.481 e. The Labute approximate surface area is 828 Å². The first-order valence-electron chi connectivity index (χ1n) is 49.5. The van der Waals surface area contributed by atoms with Gasteiger partial charge < -0.3 is 55.1 Å². The first-order chi connectivity index (χ1) is 63.7. The fraction of sp³-hybridized carbons (Fsp3) is 0.546. The normalized spacial score (nSPS) is 10.0. The number of ketones is 2. The summed E-state index contributed by atoms with van der Waals surface area (Å²) in [6.45, 7) is 37.0. The molecule has 0 aliphatic heterocycles. The average Bonchev–Trinajstić information content (AvgIpc) is 0.735. The number of Topliss-reactive ketones (excluding diaryl/α,β-unsaturated/α-hetero) is 2. The Balaban J connectivity index is -0.000000228. The number of rotatable bonds is 45. The van der Waals surface area contributed by atoms with Crippen molar-refractivity contribution in [3.8, 4) is 0 Å². The second-order valence-corrected chi connectivity index (χ2v) is 33.8. The molecule has 0 bridgehead atoms. The molecule has 0 unspecified atom stereocenters. The van der Waals surface area contributed by atoms with Gasteiger partial charge in [0.1, 0.15) is 11.2 Å². The van der Waals surface area contributed by atoms with Crippen LogP contribution in [0.4, 0.5) is 0 Å². The van der Waals surface area contributed by atoms with Crippen molar-refractivity contribution in [1.82, 2.24) is 0 Å². The van der Waals surface area contributed by atoms with Gasteiger partial charge in [-0.1, -0.05) is 502 Å². The number of hydrogen-bond acceptors (Lipinski definition) is 15. The topological polar surface area (TPSA) is 292 Å². The van der Waals surface area contributed by atoms with Crippen LogP contribution in [0, 0.1) is 5.41 Å². The molecule has 0 fully saturated rings. The number of ether oxygens (including phenoxy) is 3. The zero-order chi connectivity index (χ0) is 101. The minimum atomic E-state index is -1.91. The molecule has 0 aromatic heterocycles. The lowest BCUT2D eigenvalue weighted by atomic mass is 9.65. The molecule has 0 aliphatic rings. The lowest BCUT2D eigenvalue weighted by Crippen LogP contribution is -2.38. The van der Waals surface area contributed by atoms with Crippen molar-refractivity contribution < 1.29 is 83.8 Å². The maximum Gasteiger partial charge on any atom is 0.305 e. The number of aliphatic hydroxyl groups excluding tert-OH is 2. The van der Waals surface area contributed by atoms with Crippen molar-refractivity contribution in [2.24, 2.45) is 5.41 Å². The third-order valence-corrected chi connectivity index (χ3v) is 19.4. The van der Waals surface area contributed by atoms with E-state index in [4.69, 9.17) is 44.9 Å². The van der Waals surface area contributed by atoms with Crippen molar-refractivity contribution in [3.05, 3.63) is 287 Å². The van der Waals surface area contributed by atoms with Crippen molar-refractivity contribution in [3.63, 3.8) is 0 Å². The Hall–Kier alpha value is -9.30. The summed E-state index contributed by atoms with van der Waals surface area (Å²) in [7, 11) is 0. The zero-order valence-corrected chi connectivity index (χ0v) is 85.6. The van der Waals surface area contributed by atoms with Crippen molar-refractivity contribution in [1.29, 1.82) is 0 Å². The number of benzene rings is 8. The summed E-state index contributed by atoms with van der Waals surface area (Å²) < 4.78 is 15.2. The number of carboxylic acids is 2. The first-order valence-corrected chi connectivity index (χ1v) is 49.5. The Morgan fingerprint density at radius 2 is 0.551 bits per heavy atom. The standard InChI is InChI=1S/C26H20O.C16H34O.C14H28O2.C13H12O2.C13H12.C8H18O.C6H12O2.C6H12O.C4H8O2.C3H8O2.C3H8.C2H4O2.C2H6O.3CH4/c27-25(21-13-5-1-6-14-21)26(22-15-7-2-8-16-22,23-17-9-3-10-18-23)24-19-11-4-12-20-24;1-3-5-7-9-11-13-15-17-16-14-12-10-8-6-4-2;1-3-5-7-8-9-11-13-16-14(15)12-10-6-4-2;14-13(15,11-7-3-1-4-8-11)12-9-5-2-6-10-12;1-3-7-12(8-4-1)11-13-9-5-2-6-10-13;1-2-3-4-5-6-7-8-9;1-2-3-4-5-6(7)8;1-5(7)6(2,3)4;1-3-6-4(2)5;1-3(2,4)5;1-3-2;1-2(3)4;1-2-3;;;/h1-20H;3-16H2,1-2H3;3-13H2,1-2H3;1-10,14-15H;1-10H,11H2;9H,2-8H2,1H3;2-5H2,1H3,(H,7,8);1-4H3;3H2,1-2H3;4-5H,1-2H3;3H2,1-2H3;1H3,(H,3,4);3H,2H2,1H3;3*1H4. The Kier molecular flexibility index (Phi) is 105. The first kappa shape index (κ1) is 142. The maximum absolute atomic E-state index is 14.1. The highest BCUT2D eigenvalue weighted by Crippen LogP contribution is 2.42. The molecule has 8 N–H and O–H groups in total. The van der Waals surface area contributed by atoms with E-state index in [1.54, 1.807) is 69.3 Å². The van der Waals surface area contributed by atoms with Crippen LogP contribution in [0.3, 0.4) is 0 Å². The van der Waals surface area contributed by atoms with Crippen LogP contribution in [-0.2, 0) is 55.8 Å². The van der Waals surface area contributed by atoms with E-state index >= 15 is 0 Å². The molecule has 136 heavy (non-hydrogen) atoms. The van der Waals surface area contributed by atoms with E-state index < -0.39 is 28.9 Å². The van der Waals surface area contributed by atoms with Gasteiger partial charge in [-0.3, -0.25) is 28.8 Å². The third-order valence-electron chi connectivity index (χ3n) is 19.4. The van der Waals surface area contributed by atoms with Gasteiger partial charge in [0.05, 0.1) is 13.2 Å². The predicted molar refractivity (Wildman–Crippen MR) is 575 cm³/mol. The van der Waals surface area contributed by atoms with Crippen LogP contribution in [-0.4, -0.2) is 122 Å². The number of carbonyl (C=O) groups excluding carboxylic acids is 4. The third kappa shape index (κ3) is 88.7. The lowest BCUT2D eigenvalue weighted by Gasteiger charge is -2.34. The Morgan fingerprint density at radius 1 is 0.316 bits per heavy atom. The molecule has 0 spiro atoms. The molecule has 0 heterocycles. The van der Waals surface area contributed by atoms with E-state index in [-0.39, 0.29) is 57.8 Å². The van der Waals surface area contributed by atoms with Gasteiger partial charge in [0.15, 0.2) is 11.6 Å². The number of aliphatic carboxylic acids is 2. The fourth-order valence-corrected chi connectivity index (χ4v) is 12.1. The molecule has 8 rings (SSSR count). The second kappa shape index (κ2) is 100. The molecular weight excluding hydrogens is 1700 g/mol. The molecule has 0 radical (unpaired) electrons. The summed E-state index contributed by atoms with van der Waals surface area (Å²) in [4.78, 5) is 64.5. The Bertz CT molecular complexity index is 3630. The molecule has 772 valence electrons. The van der Waals surface area contributed by atoms with Crippen molar-refractivity contribution >= 4 is 35.4 Å². The molecule has 0 amide bonds. The molecule has 8 aromatic rings. The van der Waals surface area contributed by atoms with Crippen LogP contribution in [0.25, 0.3) is 0 Å². The highest BCUT2D eigenvalue weighted by molar-refractivity contribution is 6.09. The second-order valence-electron chi connectivity index (χ2n) is 33.8. The van der Waals surface area contributed by atoms with E-state index in [9.17, 15) is 34.2 Å². The van der Waals surface area contributed by atoms with Crippen molar-refractivity contribution in [2.45, 2.75) is 382 Å². The molecule has 17 heteroatoms. The van der Waals surface area contributed by atoms with Crippen LogP contribution in [0.2, 0.25) is 0 Å². The van der Waals surface area contributed by atoms with Crippen LogP contribution in [0.5, 0.6) is 0 Å². The van der Waals surface area contributed by atoms with Gasteiger partial charge in [-0.25, -0.2) is 0 Å². The fourth-order valence-electron chi connectivity index (χ4n) is 12.1. The number of esters is 2. The smallest absolute Gasteiger partial charge is 0.305 e. The predicted octanol–water partition coefficient (Wildman–Crippen LogP) is 30.6. The summed E-state index contributed by atoms with van der Waals surface area (Å²) in [6, 6.07) is 78.3. The maximum atomic E-state index is 14.1. The van der Waals surface area contributed by atoms with Gasteiger partial charge in [0.2, 0.25) is 5.79 Å². The molecule has 8 aromatic carbocycles. The molecule has 0 saturated carbocycles.